The lowest BCUT2D eigenvalue weighted by Gasteiger charge is -2.13. The van der Waals surface area contributed by atoms with Gasteiger partial charge in [-0.1, -0.05) is 32.6 Å². The number of nitrogens with zero attached hydrogens (tertiary/aromatic N) is 3. The topological polar surface area (TPSA) is 89.6 Å². The van der Waals surface area contributed by atoms with E-state index in [1.165, 1.54) is 25.7 Å². The summed E-state index contributed by atoms with van der Waals surface area (Å²) in [4.78, 5) is 22.5. The molecule has 104 valence electrons. The van der Waals surface area contributed by atoms with Gasteiger partial charge >= 0.3 is 0 Å². The Morgan fingerprint density at radius 3 is 2.95 bits per heavy atom. The molecule has 0 bridgehead atoms. The van der Waals surface area contributed by atoms with Crippen LogP contribution in [0.3, 0.4) is 0 Å². The highest BCUT2D eigenvalue weighted by Crippen LogP contribution is 2.19. The van der Waals surface area contributed by atoms with Crippen molar-refractivity contribution in [3.05, 3.63) is 16.7 Å². The summed E-state index contributed by atoms with van der Waals surface area (Å²) in [6.45, 7) is 4.32. The van der Waals surface area contributed by atoms with Crippen molar-refractivity contribution in [3.63, 3.8) is 0 Å². The maximum atomic E-state index is 11.7. The van der Waals surface area contributed by atoms with Crippen molar-refractivity contribution in [2.45, 2.75) is 52.0 Å². The first-order valence-electron chi connectivity index (χ1n) is 6.85. The molecule has 0 aliphatic carbocycles. The highest BCUT2D eigenvalue weighted by atomic mass is 16.1. The quantitative estimate of drug-likeness (QED) is 0.782. The van der Waals surface area contributed by atoms with E-state index in [1.807, 2.05) is 4.57 Å². The number of imidazole rings is 1. The minimum atomic E-state index is -0.278. The fourth-order valence-corrected chi connectivity index (χ4v) is 2.27. The standard InChI is InChI=1S/C13H21N5O/c1-3-4-5-6-7-9(2)18-8-15-10-11(18)16-13(14)17-12(10)19/h8-9H,3-7H2,1-2H3,(H3,14,16,17,19). The van der Waals surface area contributed by atoms with Crippen molar-refractivity contribution < 1.29 is 0 Å². The number of hydrogen-bond acceptors (Lipinski definition) is 4. The largest absolute Gasteiger partial charge is 0.369 e. The molecule has 0 saturated carbocycles. The van der Waals surface area contributed by atoms with Crippen LogP contribution in [-0.2, 0) is 0 Å². The lowest BCUT2D eigenvalue weighted by Crippen LogP contribution is -2.13. The number of nitrogen functional groups attached to an aromatic ring is 1. The fraction of sp³-hybridized carbons (Fsp3) is 0.615. The van der Waals surface area contributed by atoms with E-state index < -0.39 is 0 Å². The maximum Gasteiger partial charge on any atom is 0.280 e. The monoisotopic (exact) mass is 263 g/mol. The Hall–Kier alpha value is -1.85. The maximum absolute atomic E-state index is 11.7. The van der Waals surface area contributed by atoms with Gasteiger partial charge in [-0.05, 0) is 13.3 Å². The third kappa shape index (κ3) is 2.94. The van der Waals surface area contributed by atoms with E-state index >= 15 is 0 Å². The summed E-state index contributed by atoms with van der Waals surface area (Å²) in [7, 11) is 0. The number of nitrogens with two attached hydrogens (primary N) is 1. The molecular weight excluding hydrogens is 242 g/mol. The van der Waals surface area contributed by atoms with Gasteiger partial charge in [-0.15, -0.1) is 0 Å². The Bertz CT molecular complexity index is 601. The predicted molar refractivity (Wildman–Crippen MR) is 76.0 cm³/mol. The van der Waals surface area contributed by atoms with Crippen molar-refractivity contribution in [1.82, 2.24) is 19.5 Å². The van der Waals surface area contributed by atoms with Gasteiger partial charge in [0.2, 0.25) is 5.95 Å². The Morgan fingerprint density at radius 2 is 2.21 bits per heavy atom. The van der Waals surface area contributed by atoms with E-state index in [2.05, 4.69) is 28.8 Å². The van der Waals surface area contributed by atoms with Crippen LogP contribution in [0.2, 0.25) is 0 Å². The number of unbranched alkanes of at least 4 members (excludes halogenated alkanes) is 3. The fourth-order valence-electron chi connectivity index (χ4n) is 2.27. The molecule has 2 rings (SSSR count). The van der Waals surface area contributed by atoms with Crippen LogP contribution in [0.1, 0.15) is 52.0 Å². The van der Waals surface area contributed by atoms with E-state index in [9.17, 15) is 4.79 Å². The van der Waals surface area contributed by atoms with Gasteiger partial charge < -0.3 is 10.3 Å². The molecule has 1 unspecified atom stereocenters. The summed E-state index contributed by atoms with van der Waals surface area (Å²) >= 11 is 0. The molecule has 2 heterocycles. The van der Waals surface area contributed by atoms with Crippen LogP contribution < -0.4 is 11.3 Å². The molecule has 2 aromatic heterocycles. The number of hydrogen-bond donors (Lipinski definition) is 2. The first-order chi connectivity index (χ1) is 9.13. The molecule has 0 aliphatic heterocycles. The summed E-state index contributed by atoms with van der Waals surface area (Å²) in [5, 5.41) is 0. The average Bonchev–Trinajstić information content (AvgIpc) is 2.78. The van der Waals surface area contributed by atoms with Gasteiger partial charge in [0, 0.05) is 6.04 Å². The van der Waals surface area contributed by atoms with Crippen LogP contribution in [0.5, 0.6) is 0 Å². The van der Waals surface area contributed by atoms with Crippen molar-refractivity contribution in [1.29, 1.82) is 0 Å². The molecule has 0 aromatic carbocycles. The average molecular weight is 263 g/mol. The highest BCUT2D eigenvalue weighted by molar-refractivity contribution is 5.70. The van der Waals surface area contributed by atoms with E-state index in [4.69, 9.17) is 5.73 Å². The summed E-state index contributed by atoms with van der Waals surface area (Å²) in [6, 6.07) is 0.274. The SMILES string of the molecule is CCCCCCC(C)n1cnc2c(=O)[nH]c(N)nc21. The number of aromatic amines is 1. The second kappa shape index (κ2) is 5.86. The Labute approximate surface area is 112 Å². The van der Waals surface area contributed by atoms with Crippen LogP contribution in [0.15, 0.2) is 11.1 Å². The minimum absolute atomic E-state index is 0.137. The number of fused-ring (bicyclic) bond motifs is 1. The van der Waals surface area contributed by atoms with Crippen molar-refractivity contribution in [2.24, 2.45) is 0 Å². The second-order valence-corrected chi connectivity index (χ2v) is 4.97. The molecule has 19 heavy (non-hydrogen) atoms. The third-order valence-electron chi connectivity index (χ3n) is 3.40. The summed E-state index contributed by atoms with van der Waals surface area (Å²) in [6.07, 6.45) is 7.64. The number of H-pyrrole nitrogens is 1. The van der Waals surface area contributed by atoms with Crippen molar-refractivity contribution >= 4 is 17.1 Å². The molecule has 1 atom stereocenters. The highest BCUT2D eigenvalue weighted by Gasteiger charge is 2.13. The molecule has 6 heteroatoms. The van der Waals surface area contributed by atoms with Gasteiger partial charge in [-0.2, -0.15) is 4.98 Å². The van der Waals surface area contributed by atoms with Gasteiger partial charge in [0.15, 0.2) is 11.2 Å². The molecule has 0 amide bonds. The van der Waals surface area contributed by atoms with Crippen molar-refractivity contribution in [3.8, 4) is 0 Å². The zero-order valence-electron chi connectivity index (χ0n) is 11.5. The number of aromatic nitrogens is 4. The van der Waals surface area contributed by atoms with Crippen LogP contribution in [0, 0.1) is 0 Å². The summed E-state index contributed by atoms with van der Waals surface area (Å²) in [5.41, 5.74) is 6.24. The van der Waals surface area contributed by atoms with Crippen LogP contribution in [0.25, 0.3) is 11.2 Å². The van der Waals surface area contributed by atoms with Crippen LogP contribution >= 0.6 is 0 Å². The van der Waals surface area contributed by atoms with Gasteiger partial charge in [-0.3, -0.25) is 9.78 Å². The second-order valence-electron chi connectivity index (χ2n) is 4.97. The molecule has 0 radical (unpaired) electrons. The lowest BCUT2D eigenvalue weighted by atomic mass is 10.1. The van der Waals surface area contributed by atoms with E-state index in [0.29, 0.717) is 11.2 Å². The van der Waals surface area contributed by atoms with Crippen LogP contribution in [0.4, 0.5) is 5.95 Å². The first kappa shape index (κ1) is 13.6. The number of anilines is 1. The Morgan fingerprint density at radius 1 is 1.42 bits per heavy atom. The summed E-state index contributed by atoms with van der Waals surface area (Å²) in [5.74, 6) is 0.137. The molecule has 2 aromatic rings. The van der Waals surface area contributed by atoms with Gasteiger partial charge in [0.25, 0.3) is 5.56 Å². The zero-order chi connectivity index (χ0) is 13.8. The van der Waals surface area contributed by atoms with Crippen molar-refractivity contribution in [2.75, 3.05) is 5.73 Å². The lowest BCUT2D eigenvalue weighted by molar-refractivity contribution is 0.479. The van der Waals surface area contributed by atoms with Gasteiger partial charge in [0.1, 0.15) is 0 Å². The van der Waals surface area contributed by atoms with E-state index in [0.717, 1.165) is 6.42 Å². The third-order valence-corrected chi connectivity index (χ3v) is 3.40. The first-order valence-corrected chi connectivity index (χ1v) is 6.85. The molecule has 6 nitrogen and oxygen atoms in total. The van der Waals surface area contributed by atoms with Gasteiger partial charge in [-0.25, -0.2) is 4.98 Å². The van der Waals surface area contributed by atoms with Crippen LogP contribution in [-0.4, -0.2) is 19.5 Å². The molecule has 0 aliphatic rings. The molecule has 0 saturated heterocycles. The normalized spacial score (nSPS) is 12.9. The van der Waals surface area contributed by atoms with Gasteiger partial charge in [0.05, 0.1) is 6.33 Å². The minimum Gasteiger partial charge on any atom is -0.369 e. The zero-order valence-corrected chi connectivity index (χ0v) is 11.5. The Kier molecular flexibility index (Phi) is 4.19. The van der Waals surface area contributed by atoms with E-state index in [-0.39, 0.29) is 17.5 Å². The Balaban J connectivity index is 2.18. The number of rotatable bonds is 6. The predicted octanol–water partition coefficient (Wildman–Crippen LogP) is 2.23. The molecule has 3 N–H and O–H groups in total. The van der Waals surface area contributed by atoms with E-state index in [1.54, 1.807) is 6.33 Å². The molecule has 0 spiro atoms. The molecular formula is C13H21N5O. The number of nitrogens with one attached hydrogen (secondary N) is 1. The summed E-state index contributed by atoms with van der Waals surface area (Å²) < 4.78 is 1.94. The smallest absolute Gasteiger partial charge is 0.280 e. The molecule has 0 fully saturated rings.